The van der Waals surface area contributed by atoms with E-state index in [2.05, 4.69) is 36.0 Å². The number of aromatic nitrogens is 6. The van der Waals surface area contributed by atoms with Crippen molar-refractivity contribution in [1.82, 2.24) is 35.5 Å². The number of hydrogen-bond acceptors (Lipinski definition) is 7. The van der Waals surface area contributed by atoms with E-state index in [4.69, 9.17) is 0 Å². The smallest absolute Gasteiger partial charge is 0.222 e. The van der Waals surface area contributed by atoms with Crippen LogP contribution < -0.4 is 10.6 Å². The van der Waals surface area contributed by atoms with E-state index in [1.165, 1.54) is 4.80 Å². The summed E-state index contributed by atoms with van der Waals surface area (Å²) < 4.78 is 0. The average Bonchev–Trinajstić information content (AvgIpc) is 3.16. The predicted molar refractivity (Wildman–Crippen MR) is 96.0 cm³/mol. The van der Waals surface area contributed by atoms with Crippen LogP contribution in [0, 0.1) is 0 Å². The summed E-state index contributed by atoms with van der Waals surface area (Å²) in [5.41, 5.74) is 0.923. The summed E-state index contributed by atoms with van der Waals surface area (Å²) in [4.78, 5) is 21.4. The number of nitrogens with zero attached hydrogens (tertiary/aromatic N) is 6. The van der Waals surface area contributed by atoms with Crippen LogP contribution in [-0.4, -0.2) is 49.2 Å². The summed E-state index contributed by atoms with van der Waals surface area (Å²) >= 11 is 0. The Morgan fingerprint density at radius 1 is 1.04 bits per heavy atom. The van der Waals surface area contributed by atoms with Gasteiger partial charge in [-0.25, -0.2) is 9.97 Å². The number of carbonyl (C=O) groups is 1. The van der Waals surface area contributed by atoms with Gasteiger partial charge < -0.3 is 10.6 Å². The molecule has 2 aromatic heterocycles. The lowest BCUT2D eigenvalue weighted by atomic mass is 10.2. The molecule has 0 bridgehead atoms. The molecule has 0 aliphatic heterocycles. The van der Waals surface area contributed by atoms with Crippen molar-refractivity contribution >= 4 is 11.9 Å². The minimum Gasteiger partial charge on any atom is -0.354 e. The Balaban J connectivity index is 1.32. The van der Waals surface area contributed by atoms with Crippen LogP contribution in [0.25, 0.3) is 11.4 Å². The molecule has 0 aliphatic carbocycles. The lowest BCUT2D eigenvalue weighted by Crippen LogP contribution is -2.29. The van der Waals surface area contributed by atoms with Gasteiger partial charge in [0, 0.05) is 37.5 Å². The third-order valence-electron chi connectivity index (χ3n) is 3.54. The molecule has 0 spiro atoms. The molecule has 0 fully saturated rings. The van der Waals surface area contributed by atoms with Gasteiger partial charge in [0.15, 0.2) is 0 Å². The van der Waals surface area contributed by atoms with Crippen LogP contribution >= 0.6 is 0 Å². The topological polar surface area (TPSA) is 111 Å². The number of benzene rings is 1. The first kappa shape index (κ1) is 17.5. The highest BCUT2D eigenvalue weighted by Crippen LogP contribution is 2.11. The second-order valence-electron chi connectivity index (χ2n) is 5.53. The van der Waals surface area contributed by atoms with E-state index in [1.54, 1.807) is 18.5 Å². The number of hydrogen-bond donors (Lipinski definition) is 2. The van der Waals surface area contributed by atoms with Gasteiger partial charge in [-0.15, -0.1) is 10.2 Å². The molecule has 0 saturated carbocycles. The van der Waals surface area contributed by atoms with Crippen molar-refractivity contribution in [2.45, 2.75) is 19.4 Å². The van der Waals surface area contributed by atoms with E-state index < -0.39 is 0 Å². The van der Waals surface area contributed by atoms with E-state index in [0.29, 0.717) is 44.2 Å². The summed E-state index contributed by atoms with van der Waals surface area (Å²) in [6.45, 7) is 1.63. The number of rotatable bonds is 9. The number of amides is 1. The van der Waals surface area contributed by atoms with E-state index >= 15 is 0 Å². The average molecular weight is 352 g/mol. The van der Waals surface area contributed by atoms with Crippen LogP contribution in [0.4, 0.5) is 5.95 Å². The van der Waals surface area contributed by atoms with Crippen molar-refractivity contribution in [1.29, 1.82) is 0 Å². The Bertz CT molecular complexity index is 806. The number of aryl methyl sites for hydroxylation is 1. The fourth-order valence-corrected chi connectivity index (χ4v) is 2.28. The fourth-order valence-electron chi connectivity index (χ4n) is 2.28. The van der Waals surface area contributed by atoms with Crippen molar-refractivity contribution in [3.05, 3.63) is 48.8 Å². The Hall–Kier alpha value is -3.36. The van der Waals surface area contributed by atoms with Gasteiger partial charge in [-0.3, -0.25) is 4.79 Å². The third kappa shape index (κ3) is 5.33. The van der Waals surface area contributed by atoms with Crippen molar-refractivity contribution in [2.75, 3.05) is 18.4 Å². The van der Waals surface area contributed by atoms with Gasteiger partial charge in [0.25, 0.3) is 0 Å². The van der Waals surface area contributed by atoms with E-state index in [9.17, 15) is 4.79 Å². The Morgan fingerprint density at radius 2 is 1.85 bits per heavy atom. The van der Waals surface area contributed by atoms with E-state index in [-0.39, 0.29) is 5.91 Å². The lowest BCUT2D eigenvalue weighted by Gasteiger charge is -2.06. The molecule has 0 saturated heterocycles. The van der Waals surface area contributed by atoms with Crippen LogP contribution in [0.1, 0.15) is 12.8 Å². The van der Waals surface area contributed by atoms with Gasteiger partial charge in [-0.1, -0.05) is 30.3 Å². The fraction of sp³-hybridized carbons (Fsp3) is 0.294. The first-order valence-electron chi connectivity index (χ1n) is 8.42. The number of carbonyl (C=O) groups excluding carboxylic acids is 1. The van der Waals surface area contributed by atoms with Gasteiger partial charge in [0.1, 0.15) is 0 Å². The molecule has 0 radical (unpaired) electrons. The second-order valence-corrected chi connectivity index (χ2v) is 5.53. The van der Waals surface area contributed by atoms with Crippen LogP contribution in [0.3, 0.4) is 0 Å². The molecule has 0 unspecified atom stereocenters. The first-order chi connectivity index (χ1) is 12.8. The van der Waals surface area contributed by atoms with Crippen molar-refractivity contribution in [3.63, 3.8) is 0 Å². The largest absolute Gasteiger partial charge is 0.354 e. The molecule has 134 valence electrons. The lowest BCUT2D eigenvalue weighted by molar-refractivity contribution is -0.121. The highest BCUT2D eigenvalue weighted by Gasteiger charge is 2.06. The van der Waals surface area contributed by atoms with Crippen LogP contribution in [0.5, 0.6) is 0 Å². The zero-order valence-electron chi connectivity index (χ0n) is 14.2. The normalized spacial score (nSPS) is 10.5. The molecule has 3 aromatic rings. The molecule has 9 heteroatoms. The number of nitrogens with one attached hydrogen (secondary N) is 2. The zero-order valence-corrected chi connectivity index (χ0v) is 14.2. The van der Waals surface area contributed by atoms with Crippen LogP contribution in [-0.2, 0) is 11.3 Å². The van der Waals surface area contributed by atoms with Gasteiger partial charge in [-0.05, 0) is 17.7 Å². The first-order valence-corrected chi connectivity index (χ1v) is 8.42. The van der Waals surface area contributed by atoms with Gasteiger partial charge in [0.2, 0.25) is 17.7 Å². The molecular formula is C17H20N8O. The molecule has 0 atom stereocenters. The number of anilines is 1. The molecule has 3 rings (SSSR count). The highest BCUT2D eigenvalue weighted by atomic mass is 16.1. The summed E-state index contributed by atoms with van der Waals surface area (Å²) in [7, 11) is 0. The second kappa shape index (κ2) is 9.21. The molecule has 1 aromatic carbocycles. The summed E-state index contributed by atoms with van der Waals surface area (Å²) in [5.74, 6) is 1.13. The SMILES string of the molecule is O=C(CCCn1nnc(-c2ccccc2)n1)NCCNc1ncccn1. The van der Waals surface area contributed by atoms with E-state index in [1.807, 2.05) is 30.3 Å². The number of tetrazole rings is 1. The minimum absolute atomic E-state index is 0.0100. The third-order valence-corrected chi connectivity index (χ3v) is 3.54. The monoisotopic (exact) mass is 352 g/mol. The molecule has 2 N–H and O–H groups in total. The van der Waals surface area contributed by atoms with Crippen molar-refractivity contribution in [2.24, 2.45) is 0 Å². The Labute approximate surface area is 150 Å². The predicted octanol–water partition coefficient (Wildman–Crippen LogP) is 1.14. The molecule has 1 amide bonds. The van der Waals surface area contributed by atoms with Gasteiger partial charge >= 0.3 is 0 Å². The molecule has 26 heavy (non-hydrogen) atoms. The summed E-state index contributed by atoms with van der Waals surface area (Å²) in [5, 5.41) is 18.3. The van der Waals surface area contributed by atoms with Crippen LogP contribution in [0.15, 0.2) is 48.8 Å². The standard InChI is InChI=1S/C17H20N8O/c26-15(18-11-12-21-17-19-9-5-10-20-17)8-4-13-25-23-16(22-24-25)14-6-2-1-3-7-14/h1-3,5-7,9-10H,4,8,11-13H2,(H,18,26)(H,19,20,21). The maximum atomic E-state index is 11.8. The van der Waals surface area contributed by atoms with Crippen molar-refractivity contribution in [3.8, 4) is 11.4 Å². The molecule has 9 nitrogen and oxygen atoms in total. The quantitative estimate of drug-likeness (QED) is 0.556. The zero-order chi connectivity index (χ0) is 18.0. The maximum absolute atomic E-state index is 11.8. The highest BCUT2D eigenvalue weighted by molar-refractivity contribution is 5.75. The minimum atomic E-state index is -0.0100. The van der Waals surface area contributed by atoms with E-state index in [0.717, 1.165) is 5.56 Å². The molecular weight excluding hydrogens is 332 g/mol. The molecule has 0 aliphatic rings. The summed E-state index contributed by atoms with van der Waals surface area (Å²) in [6, 6.07) is 11.4. The van der Waals surface area contributed by atoms with Gasteiger partial charge in [0.05, 0.1) is 6.54 Å². The van der Waals surface area contributed by atoms with Crippen LogP contribution in [0.2, 0.25) is 0 Å². The Kier molecular flexibility index (Phi) is 6.19. The van der Waals surface area contributed by atoms with Crippen molar-refractivity contribution < 1.29 is 4.79 Å². The Morgan fingerprint density at radius 3 is 2.65 bits per heavy atom. The molecule has 2 heterocycles. The van der Waals surface area contributed by atoms with Gasteiger partial charge in [-0.2, -0.15) is 4.80 Å². The summed E-state index contributed by atoms with van der Waals surface area (Å²) in [6.07, 6.45) is 4.38. The maximum Gasteiger partial charge on any atom is 0.222 e.